The maximum Gasteiger partial charge on any atom is 0.0278 e. The molecule has 0 aromatic carbocycles. The Morgan fingerprint density at radius 1 is 1.44 bits per heavy atom. The van der Waals surface area contributed by atoms with Crippen LogP contribution >= 0.6 is 0 Å². The van der Waals surface area contributed by atoms with Crippen LogP contribution in [0.5, 0.6) is 0 Å². The van der Waals surface area contributed by atoms with Gasteiger partial charge < -0.3 is 5.32 Å². The van der Waals surface area contributed by atoms with Crippen molar-refractivity contribution in [1.29, 1.82) is 0 Å². The van der Waals surface area contributed by atoms with Gasteiger partial charge in [-0.05, 0) is 45.6 Å². The van der Waals surface area contributed by atoms with Crippen LogP contribution in [0.3, 0.4) is 0 Å². The monoisotopic (exact) mass is 226 g/mol. The van der Waals surface area contributed by atoms with Crippen LogP contribution in [-0.4, -0.2) is 36.1 Å². The summed E-state index contributed by atoms with van der Waals surface area (Å²) in [6.45, 7) is 15.3. The minimum atomic E-state index is 0.338. The molecule has 2 unspecified atom stereocenters. The first-order valence-corrected chi connectivity index (χ1v) is 6.96. The standard InChI is InChI=1S/C14H30N2/c1-6-14(5)11-16(13(4)10-15-14)9-7-8-12(2)3/h12-13,15H,6-11H2,1-5H3. The van der Waals surface area contributed by atoms with Gasteiger partial charge in [0.05, 0.1) is 0 Å². The highest BCUT2D eigenvalue weighted by Gasteiger charge is 2.31. The molecule has 0 aromatic rings. The summed E-state index contributed by atoms with van der Waals surface area (Å²) in [7, 11) is 0. The predicted molar refractivity (Wildman–Crippen MR) is 71.8 cm³/mol. The van der Waals surface area contributed by atoms with Gasteiger partial charge in [0.2, 0.25) is 0 Å². The van der Waals surface area contributed by atoms with E-state index >= 15 is 0 Å². The minimum Gasteiger partial charge on any atom is -0.309 e. The highest BCUT2D eigenvalue weighted by atomic mass is 15.2. The lowest BCUT2D eigenvalue weighted by molar-refractivity contribution is 0.0906. The van der Waals surface area contributed by atoms with Crippen LogP contribution < -0.4 is 5.32 Å². The second-order valence-electron chi connectivity index (χ2n) is 6.15. The van der Waals surface area contributed by atoms with E-state index in [9.17, 15) is 0 Å². The molecule has 0 aromatic heterocycles. The highest BCUT2D eigenvalue weighted by molar-refractivity contribution is 4.92. The van der Waals surface area contributed by atoms with Gasteiger partial charge in [-0.2, -0.15) is 0 Å². The zero-order chi connectivity index (χ0) is 12.2. The zero-order valence-electron chi connectivity index (χ0n) is 11.8. The van der Waals surface area contributed by atoms with Crippen LogP contribution in [0.15, 0.2) is 0 Å². The fourth-order valence-electron chi connectivity index (χ4n) is 2.42. The summed E-state index contributed by atoms with van der Waals surface area (Å²) in [5.41, 5.74) is 0.338. The molecule has 1 rings (SSSR count). The molecule has 16 heavy (non-hydrogen) atoms. The lowest BCUT2D eigenvalue weighted by atomic mass is 9.93. The quantitative estimate of drug-likeness (QED) is 0.775. The lowest BCUT2D eigenvalue weighted by Crippen LogP contribution is -2.61. The first-order chi connectivity index (χ1) is 7.47. The Kier molecular flexibility index (Phi) is 5.26. The summed E-state index contributed by atoms with van der Waals surface area (Å²) < 4.78 is 0. The Labute approximate surface area is 102 Å². The van der Waals surface area contributed by atoms with E-state index in [2.05, 4.69) is 44.8 Å². The second kappa shape index (κ2) is 6.02. The third-order valence-electron chi connectivity index (χ3n) is 4.01. The summed E-state index contributed by atoms with van der Waals surface area (Å²) >= 11 is 0. The molecule has 2 heteroatoms. The molecule has 0 aliphatic carbocycles. The Bertz CT molecular complexity index is 203. The molecular formula is C14H30N2. The number of piperazine rings is 1. The normalized spacial score (nSPS) is 32.2. The van der Waals surface area contributed by atoms with E-state index in [1.807, 2.05) is 0 Å². The molecule has 0 spiro atoms. The van der Waals surface area contributed by atoms with E-state index in [0.717, 1.165) is 12.5 Å². The van der Waals surface area contributed by atoms with E-state index in [1.165, 1.54) is 32.4 Å². The van der Waals surface area contributed by atoms with Crippen molar-refractivity contribution >= 4 is 0 Å². The smallest absolute Gasteiger partial charge is 0.0278 e. The summed E-state index contributed by atoms with van der Waals surface area (Å²) in [5.74, 6) is 0.843. The van der Waals surface area contributed by atoms with Crippen molar-refractivity contribution < 1.29 is 0 Å². The number of rotatable bonds is 5. The Morgan fingerprint density at radius 2 is 2.12 bits per heavy atom. The van der Waals surface area contributed by atoms with Crippen molar-refractivity contribution in [2.45, 2.75) is 65.5 Å². The van der Waals surface area contributed by atoms with Crippen molar-refractivity contribution in [3.8, 4) is 0 Å². The Balaban J connectivity index is 2.38. The van der Waals surface area contributed by atoms with Gasteiger partial charge in [-0.1, -0.05) is 20.8 Å². The van der Waals surface area contributed by atoms with Gasteiger partial charge in [0.1, 0.15) is 0 Å². The first kappa shape index (κ1) is 14.0. The average Bonchev–Trinajstić information content (AvgIpc) is 2.23. The first-order valence-electron chi connectivity index (χ1n) is 6.96. The van der Waals surface area contributed by atoms with Gasteiger partial charge in [-0.15, -0.1) is 0 Å². The van der Waals surface area contributed by atoms with E-state index in [-0.39, 0.29) is 0 Å². The van der Waals surface area contributed by atoms with Gasteiger partial charge >= 0.3 is 0 Å². The van der Waals surface area contributed by atoms with Crippen molar-refractivity contribution in [3.63, 3.8) is 0 Å². The van der Waals surface area contributed by atoms with Crippen molar-refractivity contribution in [1.82, 2.24) is 10.2 Å². The summed E-state index contributed by atoms with van der Waals surface area (Å²) in [5, 5.41) is 3.68. The van der Waals surface area contributed by atoms with Crippen LogP contribution in [0.1, 0.15) is 53.9 Å². The summed E-state index contributed by atoms with van der Waals surface area (Å²) in [6, 6.07) is 0.701. The van der Waals surface area contributed by atoms with Crippen LogP contribution in [0.2, 0.25) is 0 Å². The molecule has 0 saturated carbocycles. The predicted octanol–water partition coefficient (Wildman–Crippen LogP) is 2.89. The van der Waals surface area contributed by atoms with E-state index in [4.69, 9.17) is 0 Å². The largest absolute Gasteiger partial charge is 0.309 e. The number of hydrogen-bond donors (Lipinski definition) is 1. The second-order valence-corrected chi connectivity index (χ2v) is 6.15. The Morgan fingerprint density at radius 3 is 2.69 bits per heavy atom. The molecule has 1 heterocycles. The van der Waals surface area contributed by atoms with Crippen molar-refractivity contribution in [2.24, 2.45) is 5.92 Å². The lowest BCUT2D eigenvalue weighted by Gasteiger charge is -2.45. The van der Waals surface area contributed by atoms with Gasteiger partial charge in [0.25, 0.3) is 0 Å². The molecule has 1 aliphatic rings. The van der Waals surface area contributed by atoms with Gasteiger partial charge in [-0.25, -0.2) is 0 Å². The third-order valence-corrected chi connectivity index (χ3v) is 4.01. The fourth-order valence-corrected chi connectivity index (χ4v) is 2.42. The molecule has 1 aliphatic heterocycles. The highest BCUT2D eigenvalue weighted by Crippen LogP contribution is 2.19. The zero-order valence-corrected chi connectivity index (χ0v) is 11.8. The SMILES string of the molecule is CCC1(C)CN(CCCC(C)C)C(C)CN1. The Hall–Kier alpha value is -0.0800. The molecule has 1 N–H and O–H groups in total. The van der Waals surface area contributed by atoms with E-state index in [1.54, 1.807) is 0 Å². The summed E-state index contributed by atoms with van der Waals surface area (Å²) in [6.07, 6.45) is 3.93. The number of hydrogen-bond acceptors (Lipinski definition) is 2. The molecule has 96 valence electrons. The van der Waals surface area contributed by atoms with Gasteiger partial charge in [0, 0.05) is 24.7 Å². The molecule has 0 radical (unpaired) electrons. The molecule has 2 nitrogen and oxygen atoms in total. The average molecular weight is 226 g/mol. The minimum absolute atomic E-state index is 0.338. The summed E-state index contributed by atoms with van der Waals surface area (Å²) in [4.78, 5) is 2.67. The van der Waals surface area contributed by atoms with Crippen LogP contribution in [0, 0.1) is 5.92 Å². The van der Waals surface area contributed by atoms with E-state index < -0.39 is 0 Å². The van der Waals surface area contributed by atoms with Crippen LogP contribution in [0.4, 0.5) is 0 Å². The maximum absolute atomic E-state index is 3.68. The van der Waals surface area contributed by atoms with Crippen molar-refractivity contribution in [3.05, 3.63) is 0 Å². The van der Waals surface area contributed by atoms with Crippen LogP contribution in [-0.2, 0) is 0 Å². The number of nitrogens with one attached hydrogen (secondary N) is 1. The van der Waals surface area contributed by atoms with Crippen LogP contribution in [0.25, 0.3) is 0 Å². The third kappa shape index (κ3) is 4.06. The molecule has 1 saturated heterocycles. The van der Waals surface area contributed by atoms with Crippen molar-refractivity contribution in [2.75, 3.05) is 19.6 Å². The van der Waals surface area contributed by atoms with Gasteiger partial charge in [-0.3, -0.25) is 4.90 Å². The molecule has 0 amide bonds. The molecule has 2 atom stereocenters. The fraction of sp³-hybridized carbons (Fsp3) is 1.00. The molecule has 1 fully saturated rings. The maximum atomic E-state index is 3.68. The number of nitrogens with zero attached hydrogens (tertiary/aromatic N) is 1. The van der Waals surface area contributed by atoms with E-state index in [0.29, 0.717) is 11.6 Å². The molecule has 0 bridgehead atoms. The molecular weight excluding hydrogens is 196 g/mol. The topological polar surface area (TPSA) is 15.3 Å². The van der Waals surface area contributed by atoms with Gasteiger partial charge in [0.15, 0.2) is 0 Å².